The number of hydrogen-bond donors (Lipinski definition) is 3. The second-order valence-corrected chi connectivity index (χ2v) is 6.58. The molecule has 1 fully saturated rings. The van der Waals surface area contributed by atoms with E-state index in [4.69, 9.17) is 5.73 Å². The lowest BCUT2D eigenvalue weighted by atomic mass is 9.92. The second-order valence-electron chi connectivity index (χ2n) is 4.93. The van der Waals surface area contributed by atoms with Crippen molar-refractivity contribution < 1.29 is 8.42 Å². The SMILES string of the molecule is NCC1(NS(=O)(=O)c2ccn[nH]2)CCCCCC1. The van der Waals surface area contributed by atoms with Gasteiger partial charge in [0.2, 0.25) is 0 Å². The molecule has 0 unspecified atom stereocenters. The van der Waals surface area contributed by atoms with Crippen LogP contribution in [0.25, 0.3) is 0 Å². The molecule has 0 atom stereocenters. The lowest BCUT2D eigenvalue weighted by molar-refractivity contribution is 0.342. The predicted molar refractivity (Wildman–Crippen MR) is 68.4 cm³/mol. The van der Waals surface area contributed by atoms with Gasteiger partial charge in [0.25, 0.3) is 10.0 Å². The van der Waals surface area contributed by atoms with Gasteiger partial charge in [-0.2, -0.15) is 5.10 Å². The van der Waals surface area contributed by atoms with Gasteiger partial charge in [0.05, 0.1) is 6.20 Å². The molecular formula is C11H20N4O2S. The van der Waals surface area contributed by atoms with E-state index in [1.807, 2.05) is 0 Å². The zero-order chi connectivity index (χ0) is 13.1. The Labute approximate surface area is 107 Å². The van der Waals surface area contributed by atoms with Crippen LogP contribution in [0.3, 0.4) is 0 Å². The normalized spacial score (nSPS) is 20.5. The third-order valence-electron chi connectivity index (χ3n) is 3.57. The zero-order valence-corrected chi connectivity index (χ0v) is 11.2. The van der Waals surface area contributed by atoms with Gasteiger partial charge in [-0.3, -0.25) is 5.10 Å². The summed E-state index contributed by atoms with van der Waals surface area (Å²) < 4.78 is 27.2. The zero-order valence-electron chi connectivity index (χ0n) is 10.4. The van der Waals surface area contributed by atoms with Gasteiger partial charge in [-0.05, 0) is 18.9 Å². The minimum Gasteiger partial charge on any atom is -0.329 e. The van der Waals surface area contributed by atoms with E-state index >= 15 is 0 Å². The minimum absolute atomic E-state index is 0.0968. The maximum atomic E-state index is 12.2. The average molecular weight is 272 g/mol. The molecule has 7 heteroatoms. The minimum atomic E-state index is -3.55. The Kier molecular flexibility index (Phi) is 4.04. The highest BCUT2D eigenvalue weighted by molar-refractivity contribution is 7.89. The van der Waals surface area contributed by atoms with Crippen LogP contribution in [-0.4, -0.2) is 30.7 Å². The highest BCUT2D eigenvalue weighted by Gasteiger charge is 2.34. The number of nitrogens with two attached hydrogens (primary N) is 1. The van der Waals surface area contributed by atoms with Crippen molar-refractivity contribution in [2.45, 2.75) is 49.1 Å². The van der Waals surface area contributed by atoms with Gasteiger partial charge in [-0.25, -0.2) is 13.1 Å². The Bertz CT molecular complexity index is 461. The van der Waals surface area contributed by atoms with Crippen molar-refractivity contribution in [2.75, 3.05) is 6.54 Å². The van der Waals surface area contributed by atoms with Crippen LogP contribution in [-0.2, 0) is 10.0 Å². The molecule has 1 aromatic heterocycles. The third kappa shape index (κ3) is 2.90. The molecule has 1 heterocycles. The van der Waals surface area contributed by atoms with Gasteiger partial charge in [-0.1, -0.05) is 25.7 Å². The first kappa shape index (κ1) is 13.5. The van der Waals surface area contributed by atoms with E-state index in [1.54, 1.807) is 0 Å². The van der Waals surface area contributed by atoms with Crippen LogP contribution in [0.2, 0.25) is 0 Å². The van der Waals surface area contributed by atoms with Crippen molar-refractivity contribution in [1.29, 1.82) is 0 Å². The quantitative estimate of drug-likeness (QED) is 0.704. The molecule has 18 heavy (non-hydrogen) atoms. The van der Waals surface area contributed by atoms with Crippen LogP contribution in [0.1, 0.15) is 38.5 Å². The van der Waals surface area contributed by atoms with E-state index < -0.39 is 15.6 Å². The lowest BCUT2D eigenvalue weighted by Gasteiger charge is -2.31. The predicted octanol–water partition coefficient (Wildman–Crippen LogP) is 0.740. The standard InChI is InChI=1S/C11H20N4O2S/c12-9-11(6-3-1-2-4-7-11)15-18(16,17)10-5-8-13-14-10/h5,8,15H,1-4,6-7,9,12H2,(H,13,14). The Balaban J connectivity index is 2.19. The van der Waals surface area contributed by atoms with Crippen LogP contribution < -0.4 is 10.5 Å². The Hall–Kier alpha value is -0.920. The van der Waals surface area contributed by atoms with Crippen molar-refractivity contribution in [3.8, 4) is 0 Å². The van der Waals surface area contributed by atoms with Crippen molar-refractivity contribution >= 4 is 10.0 Å². The molecule has 0 aliphatic heterocycles. The fourth-order valence-corrected chi connectivity index (χ4v) is 3.87. The summed E-state index contributed by atoms with van der Waals surface area (Å²) in [7, 11) is -3.55. The van der Waals surface area contributed by atoms with E-state index in [9.17, 15) is 8.42 Å². The van der Waals surface area contributed by atoms with E-state index in [-0.39, 0.29) is 5.03 Å². The first-order valence-corrected chi connectivity index (χ1v) is 7.80. The highest BCUT2D eigenvalue weighted by atomic mass is 32.2. The summed E-state index contributed by atoms with van der Waals surface area (Å²) in [4.78, 5) is 0. The lowest BCUT2D eigenvalue weighted by Crippen LogP contribution is -2.53. The first-order chi connectivity index (χ1) is 8.58. The Morgan fingerprint density at radius 2 is 2.00 bits per heavy atom. The number of H-pyrrole nitrogens is 1. The van der Waals surface area contributed by atoms with E-state index in [2.05, 4.69) is 14.9 Å². The van der Waals surface area contributed by atoms with Crippen LogP contribution in [0, 0.1) is 0 Å². The largest absolute Gasteiger partial charge is 0.329 e. The van der Waals surface area contributed by atoms with Gasteiger partial charge >= 0.3 is 0 Å². The molecule has 2 rings (SSSR count). The van der Waals surface area contributed by atoms with Gasteiger partial charge < -0.3 is 5.73 Å². The molecule has 0 amide bonds. The molecule has 0 bridgehead atoms. The van der Waals surface area contributed by atoms with Gasteiger partial charge in [0.1, 0.15) is 0 Å². The fraction of sp³-hybridized carbons (Fsp3) is 0.727. The molecule has 0 spiro atoms. The number of nitrogens with one attached hydrogen (secondary N) is 2. The molecule has 6 nitrogen and oxygen atoms in total. The fourth-order valence-electron chi connectivity index (χ4n) is 2.49. The topological polar surface area (TPSA) is 101 Å². The highest BCUT2D eigenvalue weighted by Crippen LogP contribution is 2.27. The molecule has 1 aromatic rings. The van der Waals surface area contributed by atoms with Crippen molar-refractivity contribution in [3.63, 3.8) is 0 Å². The summed E-state index contributed by atoms with van der Waals surface area (Å²) in [5.41, 5.74) is 5.32. The van der Waals surface area contributed by atoms with Gasteiger partial charge in [0.15, 0.2) is 5.03 Å². The maximum Gasteiger partial charge on any atom is 0.258 e. The van der Waals surface area contributed by atoms with Crippen molar-refractivity contribution in [1.82, 2.24) is 14.9 Å². The number of hydrogen-bond acceptors (Lipinski definition) is 4. The van der Waals surface area contributed by atoms with E-state index in [1.165, 1.54) is 12.3 Å². The molecule has 1 saturated carbocycles. The molecular weight excluding hydrogens is 252 g/mol. The van der Waals surface area contributed by atoms with Crippen LogP contribution in [0.5, 0.6) is 0 Å². The van der Waals surface area contributed by atoms with Gasteiger partial charge in [0, 0.05) is 12.1 Å². The summed E-state index contributed by atoms with van der Waals surface area (Å²) in [5.74, 6) is 0. The monoisotopic (exact) mass is 272 g/mol. The smallest absolute Gasteiger partial charge is 0.258 e. The number of sulfonamides is 1. The molecule has 102 valence electrons. The number of aromatic nitrogens is 2. The molecule has 0 radical (unpaired) electrons. The number of aromatic amines is 1. The van der Waals surface area contributed by atoms with Crippen LogP contribution in [0.4, 0.5) is 0 Å². The molecule has 0 saturated heterocycles. The number of rotatable bonds is 4. The summed E-state index contributed by atoms with van der Waals surface area (Å²) >= 11 is 0. The van der Waals surface area contributed by atoms with Crippen molar-refractivity contribution in [2.24, 2.45) is 5.73 Å². The third-order valence-corrected chi connectivity index (χ3v) is 5.08. The average Bonchev–Trinajstić information content (AvgIpc) is 2.79. The maximum absolute atomic E-state index is 12.2. The van der Waals surface area contributed by atoms with Crippen LogP contribution in [0.15, 0.2) is 17.3 Å². The van der Waals surface area contributed by atoms with Crippen LogP contribution >= 0.6 is 0 Å². The summed E-state index contributed by atoms with van der Waals surface area (Å²) in [6.45, 7) is 0.334. The molecule has 4 N–H and O–H groups in total. The van der Waals surface area contributed by atoms with E-state index in [0.717, 1.165) is 38.5 Å². The first-order valence-electron chi connectivity index (χ1n) is 6.31. The summed E-state index contributed by atoms with van der Waals surface area (Å²) in [5, 5.41) is 6.25. The Morgan fingerprint density at radius 3 is 2.50 bits per heavy atom. The molecule has 1 aliphatic rings. The molecule has 1 aliphatic carbocycles. The number of nitrogens with zero attached hydrogens (tertiary/aromatic N) is 1. The second kappa shape index (κ2) is 5.38. The Morgan fingerprint density at radius 1 is 1.33 bits per heavy atom. The van der Waals surface area contributed by atoms with E-state index in [0.29, 0.717) is 6.54 Å². The van der Waals surface area contributed by atoms with Crippen molar-refractivity contribution in [3.05, 3.63) is 12.3 Å². The van der Waals surface area contributed by atoms with Gasteiger partial charge in [-0.15, -0.1) is 0 Å². The summed E-state index contributed by atoms with van der Waals surface area (Å²) in [6.07, 6.45) is 7.36. The molecule has 0 aromatic carbocycles. The summed E-state index contributed by atoms with van der Waals surface area (Å²) in [6, 6.07) is 1.45.